The van der Waals surface area contributed by atoms with Crippen LogP contribution in [-0.4, -0.2) is 30.4 Å². The summed E-state index contributed by atoms with van der Waals surface area (Å²) in [4.78, 5) is 13.1. The van der Waals surface area contributed by atoms with Crippen LogP contribution in [0.3, 0.4) is 0 Å². The van der Waals surface area contributed by atoms with Gasteiger partial charge in [0.05, 0.1) is 0 Å². The second kappa shape index (κ2) is 6.23. The van der Waals surface area contributed by atoms with E-state index >= 15 is 0 Å². The Hall–Kier alpha value is -1.27. The van der Waals surface area contributed by atoms with Gasteiger partial charge >= 0.3 is 5.92 Å². The Bertz CT molecular complexity index is 509. The van der Waals surface area contributed by atoms with Crippen LogP contribution in [0.4, 0.5) is 13.2 Å². The maximum absolute atomic E-state index is 14.1. The van der Waals surface area contributed by atoms with E-state index in [1.807, 2.05) is 6.92 Å². The Labute approximate surface area is 127 Å². The summed E-state index contributed by atoms with van der Waals surface area (Å²) in [5, 5.41) is 0. The zero-order valence-corrected chi connectivity index (χ0v) is 12.4. The van der Waals surface area contributed by atoms with Gasteiger partial charge in [-0.3, -0.25) is 4.79 Å². The van der Waals surface area contributed by atoms with Gasteiger partial charge < -0.3 is 10.6 Å². The fourth-order valence-electron chi connectivity index (χ4n) is 2.34. The molecule has 0 spiro atoms. The van der Waals surface area contributed by atoms with Crippen molar-refractivity contribution >= 4 is 18.3 Å². The van der Waals surface area contributed by atoms with Gasteiger partial charge in [-0.1, -0.05) is 6.92 Å². The highest BCUT2D eigenvalue weighted by Gasteiger charge is 2.47. The normalized spacial score (nSPS) is 22.0. The van der Waals surface area contributed by atoms with Crippen molar-refractivity contribution in [3.05, 3.63) is 35.6 Å². The molecule has 1 aliphatic heterocycles. The summed E-state index contributed by atoms with van der Waals surface area (Å²) < 4.78 is 41.1. The molecule has 0 bridgehead atoms. The SMILES string of the molecule is CC1(CN)CCN(C(=O)C(F)(F)c2ccc(F)cc2)C1.Cl. The van der Waals surface area contributed by atoms with Gasteiger partial charge in [0, 0.05) is 18.7 Å². The van der Waals surface area contributed by atoms with E-state index < -0.39 is 23.2 Å². The van der Waals surface area contributed by atoms with E-state index in [2.05, 4.69) is 0 Å². The Morgan fingerprint density at radius 2 is 1.95 bits per heavy atom. The number of rotatable bonds is 3. The standard InChI is InChI=1S/C14H17F3N2O.ClH/c1-13(8-18)6-7-19(9-13)12(20)14(16,17)10-2-4-11(15)5-3-10;/h2-5H,6-9,18H2,1H3;1H. The molecule has 3 nitrogen and oxygen atoms in total. The van der Waals surface area contributed by atoms with Crippen LogP contribution in [0.15, 0.2) is 24.3 Å². The van der Waals surface area contributed by atoms with Crippen molar-refractivity contribution < 1.29 is 18.0 Å². The van der Waals surface area contributed by atoms with Crippen molar-refractivity contribution in [2.45, 2.75) is 19.3 Å². The molecule has 7 heteroatoms. The monoisotopic (exact) mass is 322 g/mol. The molecule has 0 saturated carbocycles. The summed E-state index contributed by atoms with van der Waals surface area (Å²) in [5.74, 6) is -5.51. The van der Waals surface area contributed by atoms with E-state index in [0.29, 0.717) is 13.0 Å². The largest absolute Gasteiger partial charge is 0.349 e. The summed E-state index contributed by atoms with van der Waals surface area (Å²) in [6.07, 6.45) is 0.606. The van der Waals surface area contributed by atoms with Gasteiger partial charge in [0.15, 0.2) is 0 Å². The highest BCUT2D eigenvalue weighted by Crippen LogP contribution is 2.35. The van der Waals surface area contributed by atoms with Gasteiger partial charge in [-0.25, -0.2) is 4.39 Å². The Morgan fingerprint density at radius 1 is 1.38 bits per heavy atom. The lowest BCUT2D eigenvalue weighted by Crippen LogP contribution is -2.42. The molecule has 1 fully saturated rings. The highest BCUT2D eigenvalue weighted by atomic mass is 35.5. The van der Waals surface area contributed by atoms with Crippen LogP contribution in [0.2, 0.25) is 0 Å². The summed E-state index contributed by atoms with van der Waals surface area (Å²) >= 11 is 0. The predicted molar refractivity (Wildman–Crippen MR) is 75.9 cm³/mol. The number of carbonyl (C=O) groups is 1. The van der Waals surface area contributed by atoms with E-state index in [0.717, 1.165) is 29.2 Å². The number of carbonyl (C=O) groups excluding carboxylic acids is 1. The minimum Gasteiger partial charge on any atom is -0.337 e. The Balaban J connectivity index is 0.00000220. The van der Waals surface area contributed by atoms with Gasteiger partial charge in [-0.2, -0.15) is 8.78 Å². The third kappa shape index (κ3) is 3.49. The quantitative estimate of drug-likeness (QED) is 0.929. The van der Waals surface area contributed by atoms with Crippen LogP contribution in [-0.2, 0) is 10.7 Å². The van der Waals surface area contributed by atoms with Crippen LogP contribution in [0.25, 0.3) is 0 Å². The minimum atomic E-state index is -3.65. The molecule has 1 aliphatic rings. The third-order valence-corrected chi connectivity index (χ3v) is 3.81. The molecule has 1 heterocycles. The first-order valence-corrected chi connectivity index (χ1v) is 6.42. The number of hydrogen-bond donors (Lipinski definition) is 1. The zero-order chi connectivity index (χ0) is 15.0. The van der Waals surface area contributed by atoms with Crippen molar-refractivity contribution in [3.8, 4) is 0 Å². The molecule has 1 unspecified atom stereocenters. The Morgan fingerprint density at radius 3 is 2.43 bits per heavy atom. The molecule has 2 N–H and O–H groups in total. The number of benzene rings is 1. The molecule has 1 saturated heterocycles. The third-order valence-electron chi connectivity index (χ3n) is 3.81. The second-order valence-electron chi connectivity index (χ2n) is 5.57. The topological polar surface area (TPSA) is 46.3 Å². The molecule has 1 aromatic carbocycles. The predicted octanol–water partition coefficient (Wildman–Crippen LogP) is 2.54. The number of halogens is 4. The first-order chi connectivity index (χ1) is 9.28. The molecule has 118 valence electrons. The molecule has 0 aliphatic carbocycles. The first-order valence-electron chi connectivity index (χ1n) is 6.42. The second-order valence-corrected chi connectivity index (χ2v) is 5.57. The van der Waals surface area contributed by atoms with E-state index in [1.54, 1.807) is 0 Å². The highest BCUT2D eigenvalue weighted by molar-refractivity contribution is 5.85. The minimum absolute atomic E-state index is 0. The number of nitrogens with zero attached hydrogens (tertiary/aromatic N) is 1. The number of alkyl halides is 2. The number of amides is 1. The van der Waals surface area contributed by atoms with Crippen molar-refractivity contribution in [1.82, 2.24) is 4.90 Å². The fourth-order valence-corrected chi connectivity index (χ4v) is 2.34. The summed E-state index contributed by atoms with van der Waals surface area (Å²) in [6, 6.07) is 3.71. The van der Waals surface area contributed by atoms with Crippen LogP contribution in [0.5, 0.6) is 0 Å². The van der Waals surface area contributed by atoms with Crippen LogP contribution in [0, 0.1) is 11.2 Å². The molecular weight excluding hydrogens is 305 g/mol. The van der Waals surface area contributed by atoms with Crippen molar-refractivity contribution in [1.29, 1.82) is 0 Å². The lowest BCUT2D eigenvalue weighted by molar-refractivity contribution is -0.158. The zero-order valence-electron chi connectivity index (χ0n) is 11.6. The average Bonchev–Trinajstić information content (AvgIpc) is 2.82. The molecule has 2 rings (SSSR count). The molecule has 0 radical (unpaired) electrons. The van der Waals surface area contributed by atoms with Gasteiger partial charge in [0.2, 0.25) is 0 Å². The van der Waals surface area contributed by atoms with E-state index in [9.17, 15) is 18.0 Å². The number of hydrogen-bond acceptors (Lipinski definition) is 2. The Kier molecular flexibility index (Phi) is 5.28. The molecule has 1 aromatic rings. The summed E-state index contributed by atoms with van der Waals surface area (Å²) in [6.45, 7) is 2.71. The summed E-state index contributed by atoms with van der Waals surface area (Å²) in [7, 11) is 0. The molecular formula is C14H18ClF3N2O. The van der Waals surface area contributed by atoms with Crippen LogP contribution >= 0.6 is 12.4 Å². The summed E-state index contributed by atoms with van der Waals surface area (Å²) in [5.41, 5.74) is 4.79. The van der Waals surface area contributed by atoms with Crippen molar-refractivity contribution in [3.63, 3.8) is 0 Å². The van der Waals surface area contributed by atoms with Gasteiger partial charge in [0.25, 0.3) is 5.91 Å². The lowest BCUT2D eigenvalue weighted by atomic mass is 9.90. The molecule has 1 atom stereocenters. The average molecular weight is 323 g/mol. The number of nitrogens with two attached hydrogens (primary N) is 1. The molecule has 0 aromatic heterocycles. The van der Waals surface area contributed by atoms with Crippen molar-refractivity contribution in [2.75, 3.05) is 19.6 Å². The van der Waals surface area contributed by atoms with Gasteiger partial charge in [-0.15, -0.1) is 12.4 Å². The first kappa shape index (κ1) is 17.8. The van der Waals surface area contributed by atoms with Crippen LogP contribution in [0.1, 0.15) is 18.9 Å². The van der Waals surface area contributed by atoms with Crippen LogP contribution < -0.4 is 5.73 Å². The van der Waals surface area contributed by atoms with E-state index in [4.69, 9.17) is 5.73 Å². The number of likely N-dealkylation sites (tertiary alicyclic amines) is 1. The lowest BCUT2D eigenvalue weighted by Gasteiger charge is -2.26. The van der Waals surface area contributed by atoms with E-state index in [-0.39, 0.29) is 30.9 Å². The maximum Gasteiger partial charge on any atom is 0.349 e. The maximum atomic E-state index is 14.1. The van der Waals surface area contributed by atoms with Gasteiger partial charge in [0.1, 0.15) is 5.82 Å². The van der Waals surface area contributed by atoms with Crippen molar-refractivity contribution in [2.24, 2.45) is 11.1 Å². The fraction of sp³-hybridized carbons (Fsp3) is 0.500. The van der Waals surface area contributed by atoms with Gasteiger partial charge in [-0.05, 0) is 42.6 Å². The molecule has 1 amide bonds. The van der Waals surface area contributed by atoms with E-state index in [1.165, 1.54) is 0 Å². The smallest absolute Gasteiger partial charge is 0.337 e. The molecule has 21 heavy (non-hydrogen) atoms.